The Hall–Kier alpha value is -3.01. The van der Waals surface area contributed by atoms with Crippen molar-refractivity contribution in [3.8, 4) is 11.3 Å². The summed E-state index contributed by atoms with van der Waals surface area (Å²) in [5.74, 6) is -2.64. The van der Waals surface area contributed by atoms with Crippen molar-refractivity contribution in [1.29, 1.82) is 5.41 Å². The molecule has 0 aliphatic heterocycles. The number of nitrogens with two attached hydrogens (primary N) is 1. The lowest BCUT2D eigenvalue weighted by molar-refractivity contribution is -0.140. The number of amidine groups is 1. The van der Waals surface area contributed by atoms with Gasteiger partial charge in [-0.15, -0.1) is 0 Å². The fraction of sp³-hybridized carbons (Fsp3) is 0.294. The zero-order valence-electron chi connectivity index (χ0n) is 14.8. The van der Waals surface area contributed by atoms with E-state index in [1.807, 2.05) is 6.92 Å². The van der Waals surface area contributed by atoms with Gasteiger partial charge in [0, 0.05) is 24.2 Å². The summed E-state index contributed by atoms with van der Waals surface area (Å²) in [6.45, 7) is 2.61. The van der Waals surface area contributed by atoms with Gasteiger partial charge in [0.1, 0.15) is 22.2 Å². The number of thiazole rings is 1. The van der Waals surface area contributed by atoms with Crippen molar-refractivity contribution in [1.82, 2.24) is 4.98 Å². The maximum absolute atomic E-state index is 14.5. The fourth-order valence-corrected chi connectivity index (χ4v) is 3.37. The third-order valence-electron chi connectivity index (χ3n) is 3.81. The number of carboxylic acids is 1. The lowest BCUT2D eigenvalue weighted by atomic mass is 10.1. The molecule has 0 saturated carbocycles. The number of ether oxygens (including phenoxy) is 1. The first-order valence-electron chi connectivity index (χ1n) is 7.98. The molecule has 0 radical (unpaired) electrons. The molecule has 10 heteroatoms. The molecule has 2 aromatic rings. The molecule has 0 saturated heterocycles. The van der Waals surface area contributed by atoms with E-state index in [1.54, 1.807) is 4.90 Å². The number of methoxy groups -OCH3 is 1. The van der Waals surface area contributed by atoms with Crippen molar-refractivity contribution in [2.24, 2.45) is 5.73 Å². The summed E-state index contributed by atoms with van der Waals surface area (Å²) in [5.41, 5.74) is 5.53. The van der Waals surface area contributed by atoms with Gasteiger partial charge in [0.15, 0.2) is 5.13 Å². The smallest absolute Gasteiger partial charge is 0.348 e. The summed E-state index contributed by atoms with van der Waals surface area (Å²) in [5, 5.41) is 17.2. The Bertz CT molecular complexity index is 884. The Morgan fingerprint density at radius 1 is 1.44 bits per heavy atom. The number of esters is 1. The highest BCUT2D eigenvalue weighted by Crippen LogP contribution is 2.34. The third kappa shape index (κ3) is 4.59. The molecule has 144 valence electrons. The number of nitrogens with one attached hydrogen (secondary N) is 1. The van der Waals surface area contributed by atoms with E-state index in [2.05, 4.69) is 9.72 Å². The minimum absolute atomic E-state index is 0.00363. The van der Waals surface area contributed by atoms with E-state index in [0.29, 0.717) is 18.2 Å². The van der Waals surface area contributed by atoms with Crippen LogP contribution in [0.2, 0.25) is 0 Å². The van der Waals surface area contributed by atoms with E-state index >= 15 is 0 Å². The van der Waals surface area contributed by atoms with Crippen LogP contribution in [0.1, 0.15) is 28.6 Å². The molecule has 1 aromatic heterocycles. The molecule has 0 aliphatic rings. The number of nitrogen functional groups attached to an aromatic ring is 1. The molecular weight excluding hydrogens is 375 g/mol. The summed E-state index contributed by atoms with van der Waals surface area (Å²) in [6, 6.07) is 3.85. The lowest BCUT2D eigenvalue weighted by Gasteiger charge is -2.18. The summed E-state index contributed by atoms with van der Waals surface area (Å²) in [6.07, 6.45) is 0.114. The normalized spacial score (nSPS) is 10.5. The van der Waals surface area contributed by atoms with Crippen molar-refractivity contribution in [3.05, 3.63) is 34.5 Å². The molecule has 0 unspecified atom stereocenters. The van der Waals surface area contributed by atoms with Crippen molar-refractivity contribution in [3.63, 3.8) is 0 Å². The number of carbonyl (C=O) groups is 2. The van der Waals surface area contributed by atoms with E-state index in [1.165, 1.54) is 19.2 Å². The van der Waals surface area contributed by atoms with Gasteiger partial charge in [0.25, 0.3) is 0 Å². The van der Waals surface area contributed by atoms with Crippen molar-refractivity contribution in [2.75, 3.05) is 25.1 Å². The van der Waals surface area contributed by atoms with Gasteiger partial charge in [-0.2, -0.15) is 0 Å². The van der Waals surface area contributed by atoms with Gasteiger partial charge >= 0.3 is 11.9 Å². The topological polar surface area (TPSA) is 130 Å². The molecule has 0 aliphatic carbocycles. The van der Waals surface area contributed by atoms with Crippen LogP contribution >= 0.6 is 11.3 Å². The van der Waals surface area contributed by atoms with Crippen LogP contribution in [0.5, 0.6) is 0 Å². The van der Waals surface area contributed by atoms with Gasteiger partial charge in [-0.1, -0.05) is 17.4 Å². The molecule has 4 N–H and O–H groups in total. The van der Waals surface area contributed by atoms with Crippen LogP contribution in [-0.4, -0.2) is 48.1 Å². The van der Waals surface area contributed by atoms with Crippen LogP contribution in [0.3, 0.4) is 0 Å². The Labute approximate surface area is 158 Å². The van der Waals surface area contributed by atoms with E-state index in [9.17, 15) is 19.1 Å². The van der Waals surface area contributed by atoms with Crippen LogP contribution in [0.15, 0.2) is 18.2 Å². The largest absolute Gasteiger partial charge is 0.477 e. The summed E-state index contributed by atoms with van der Waals surface area (Å²) in [7, 11) is 1.29. The standard InChI is InChI=1S/C17H19FN4O4S/c1-3-22(7-6-12(23)26-2)17-21-13(14(27-17)16(24)25)10-5-4-9(15(19)20)8-11(10)18/h4-5,8H,3,6-7H2,1-2H3,(H3,19,20)(H,24,25). The van der Waals surface area contributed by atoms with Gasteiger partial charge in [-0.3, -0.25) is 10.2 Å². The number of aromatic carboxylic acids is 1. The van der Waals surface area contributed by atoms with Crippen LogP contribution in [-0.2, 0) is 9.53 Å². The first-order chi connectivity index (χ1) is 12.8. The molecule has 0 fully saturated rings. The summed E-state index contributed by atoms with van der Waals surface area (Å²) < 4.78 is 19.1. The second-order valence-electron chi connectivity index (χ2n) is 5.49. The van der Waals surface area contributed by atoms with E-state index in [-0.39, 0.29) is 34.0 Å². The highest BCUT2D eigenvalue weighted by Gasteiger charge is 2.24. The van der Waals surface area contributed by atoms with Crippen molar-refractivity contribution < 1.29 is 23.8 Å². The molecule has 2 rings (SSSR count). The molecule has 0 bridgehead atoms. The van der Waals surface area contributed by atoms with E-state index in [4.69, 9.17) is 11.1 Å². The van der Waals surface area contributed by atoms with Gasteiger partial charge in [0.2, 0.25) is 0 Å². The Morgan fingerprint density at radius 3 is 2.67 bits per heavy atom. The molecule has 8 nitrogen and oxygen atoms in total. The molecule has 0 spiro atoms. The number of carboxylic acid groups (broad SMARTS) is 1. The average molecular weight is 394 g/mol. The number of anilines is 1. The molecule has 0 atom stereocenters. The van der Waals surface area contributed by atoms with Gasteiger partial charge in [-0.05, 0) is 19.1 Å². The van der Waals surface area contributed by atoms with Crippen molar-refractivity contribution in [2.45, 2.75) is 13.3 Å². The van der Waals surface area contributed by atoms with Crippen LogP contribution < -0.4 is 10.6 Å². The minimum Gasteiger partial charge on any atom is -0.477 e. The number of rotatable bonds is 8. The second-order valence-corrected chi connectivity index (χ2v) is 6.47. The first-order valence-corrected chi connectivity index (χ1v) is 8.80. The second kappa shape index (κ2) is 8.58. The predicted molar refractivity (Wildman–Crippen MR) is 100 cm³/mol. The third-order valence-corrected chi connectivity index (χ3v) is 4.92. The van der Waals surface area contributed by atoms with Crippen LogP contribution in [0, 0.1) is 11.2 Å². The average Bonchev–Trinajstić information content (AvgIpc) is 3.07. The SMILES string of the molecule is CCN(CCC(=O)OC)c1nc(-c2ccc(C(=N)N)cc2F)c(C(=O)O)s1. The number of aromatic nitrogens is 1. The van der Waals surface area contributed by atoms with Crippen molar-refractivity contribution >= 4 is 34.2 Å². The highest BCUT2D eigenvalue weighted by molar-refractivity contribution is 7.17. The fourth-order valence-electron chi connectivity index (χ4n) is 2.36. The molecule has 0 amide bonds. The molecular formula is C17H19FN4O4S. The quantitative estimate of drug-likeness (QED) is 0.356. The maximum atomic E-state index is 14.5. The van der Waals surface area contributed by atoms with Gasteiger partial charge in [-0.25, -0.2) is 14.2 Å². The minimum atomic E-state index is -1.23. The Morgan fingerprint density at radius 2 is 2.15 bits per heavy atom. The van der Waals surface area contributed by atoms with Gasteiger partial charge in [0.05, 0.1) is 13.5 Å². The maximum Gasteiger partial charge on any atom is 0.348 e. The number of halogens is 1. The highest BCUT2D eigenvalue weighted by atomic mass is 32.1. The molecule has 1 heterocycles. The van der Waals surface area contributed by atoms with Crippen LogP contribution in [0.25, 0.3) is 11.3 Å². The Kier molecular flexibility index (Phi) is 6.45. The lowest BCUT2D eigenvalue weighted by Crippen LogP contribution is -2.25. The predicted octanol–water partition coefficient (Wildman–Crippen LogP) is 2.32. The zero-order chi connectivity index (χ0) is 20.1. The number of benzene rings is 1. The number of hydrogen-bond donors (Lipinski definition) is 3. The zero-order valence-corrected chi connectivity index (χ0v) is 15.6. The van der Waals surface area contributed by atoms with E-state index in [0.717, 1.165) is 17.4 Å². The number of nitrogens with zero attached hydrogens (tertiary/aromatic N) is 2. The van der Waals surface area contributed by atoms with E-state index < -0.39 is 17.8 Å². The number of carbonyl (C=O) groups excluding carboxylic acids is 1. The summed E-state index contributed by atoms with van der Waals surface area (Å²) in [4.78, 5) is 28.9. The Balaban J connectivity index is 2.44. The first kappa shape index (κ1) is 20.3. The summed E-state index contributed by atoms with van der Waals surface area (Å²) >= 11 is 0.903. The molecule has 1 aromatic carbocycles. The van der Waals surface area contributed by atoms with Gasteiger partial charge < -0.3 is 20.5 Å². The number of hydrogen-bond acceptors (Lipinski definition) is 7. The molecule has 27 heavy (non-hydrogen) atoms. The monoisotopic (exact) mass is 394 g/mol. The van der Waals surface area contributed by atoms with Crippen LogP contribution in [0.4, 0.5) is 9.52 Å².